The minimum Gasteiger partial charge on any atom is -0.398 e. The van der Waals surface area contributed by atoms with Crippen molar-refractivity contribution < 1.29 is 8.85 Å². The lowest BCUT2D eigenvalue weighted by Crippen LogP contribution is -2.44. The van der Waals surface area contributed by atoms with Gasteiger partial charge in [0.25, 0.3) is 0 Å². The Hall–Kier alpha value is 0.0569. The number of piperazine rings is 1. The SMILES string of the molecule is CCO[Si](C)(CCCN1CCNCC1)OC. The predicted molar refractivity (Wildman–Crippen MR) is 69.0 cm³/mol. The summed E-state index contributed by atoms with van der Waals surface area (Å²) < 4.78 is 11.3. The Balaban J connectivity index is 2.16. The molecule has 0 bridgehead atoms. The summed E-state index contributed by atoms with van der Waals surface area (Å²) in [6.45, 7) is 10.8. The molecule has 5 heteroatoms. The summed E-state index contributed by atoms with van der Waals surface area (Å²) in [6, 6.07) is 1.10. The van der Waals surface area contributed by atoms with Gasteiger partial charge in [0, 0.05) is 39.9 Å². The molecule has 96 valence electrons. The van der Waals surface area contributed by atoms with Crippen molar-refractivity contribution in [2.75, 3.05) is 46.4 Å². The summed E-state index contributed by atoms with van der Waals surface area (Å²) in [5, 5.41) is 3.37. The van der Waals surface area contributed by atoms with Gasteiger partial charge in [-0.2, -0.15) is 0 Å². The molecule has 0 aromatic heterocycles. The van der Waals surface area contributed by atoms with Crippen LogP contribution in [0.2, 0.25) is 12.6 Å². The van der Waals surface area contributed by atoms with Gasteiger partial charge >= 0.3 is 8.56 Å². The quantitative estimate of drug-likeness (QED) is 0.681. The molecule has 1 unspecified atom stereocenters. The zero-order chi connectivity index (χ0) is 11.9. The normalized spacial score (nSPS) is 21.9. The highest BCUT2D eigenvalue weighted by atomic mass is 28.4. The Morgan fingerprint density at radius 2 is 2.00 bits per heavy atom. The van der Waals surface area contributed by atoms with E-state index in [9.17, 15) is 0 Å². The topological polar surface area (TPSA) is 33.7 Å². The van der Waals surface area contributed by atoms with Crippen LogP contribution in [0.4, 0.5) is 0 Å². The van der Waals surface area contributed by atoms with Crippen molar-refractivity contribution in [1.82, 2.24) is 10.2 Å². The lowest BCUT2D eigenvalue weighted by Gasteiger charge is -2.29. The van der Waals surface area contributed by atoms with Gasteiger partial charge in [0.2, 0.25) is 0 Å². The van der Waals surface area contributed by atoms with Crippen LogP contribution in [-0.4, -0.2) is 59.9 Å². The molecular weight excluding hydrogens is 220 g/mol. The summed E-state index contributed by atoms with van der Waals surface area (Å²) in [7, 11) is -0.0658. The number of hydrogen-bond acceptors (Lipinski definition) is 4. The van der Waals surface area contributed by atoms with E-state index in [2.05, 4.69) is 16.8 Å². The standard InChI is InChI=1S/C11H26N2O2Si/c1-4-15-16(3,14-2)11-5-8-13-9-6-12-7-10-13/h12H,4-11H2,1-3H3. The van der Waals surface area contributed by atoms with Crippen molar-refractivity contribution in [2.45, 2.75) is 25.9 Å². The summed E-state index contributed by atoms with van der Waals surface area (Å²) in [4.78, 5) is 2.52. The van der Waals surface area contributed by atoms with Gasteiger partial charge in [0.05, 0.1) is 0 Å². The fourth-order valence-corrected chi connectivity index (χ4v) is 3.97. The third-order valence-electron chi connectivity index (χ3n) is 3.20. The Bertz CT molecular complexity index is 189. The average molecular weight is 246 g/mol. The summed E-state index contributed by atoms with van der Waals surface area (Å²) >= 11 is 0. The van der Waals surface area contributed by atoms with E-state index in [-0.39, 0.29) is 0 Å². The van der Waals surface area contributed by atoms with Crippen molar-refractivity contribution in [2.24, 2.45) is 0 Å². The molecule has 1 heterocycles. The van der Waals surface area contributed by atoms with Crippen molar-refractivity contribution in [1.29, 1.82) is 0 Å². The van der Waals surface area contributed by atoms with E-state index in [0.29, 0.717) is 0 Å². The van der Waals surface area contributed by atoms with Gasteiger partial charge in [-0.1, -0.05) is 0 Å². The van der Waals surface area contributed by atoms with E-state index < -0.39 is 8.56 Å². The molecule has 1 fully saturated rings. The lowest BCUT2D eigenvalue weighted by atomic mass is 10.3. The van der Waals surface area contributed by atoms with E-state index >= 15 is 0 Å². The first-order valence-corrected chi connectivity index (χ1v) is 8.85. The Morgan fingerprint density at radius 1 is 1.31 bits per heavy atom. The van der Waals surface area contributed by atoms with Gasteiger partial charge < -0.3 is 19.1 Å². The second-order valence-electron chi connectivity index (χ2n) is 4.47. The molecule has 0 aromatic rings. The summed E-state index contributed by atoms with van der Waals surface area (Å²) in [5.41, 5.74) is 0. The van der Waals surface area contributed by atoms with Gasteiger partial charge in [0.15, 0.2) is 0 Å². The minimum atomic E-state index is -1.85. The third-order valence-corrected chi connectivity index (χ3v) is 6.22. The molecular formula is C11H26N2O2Si. The van der Waals surface area contributed by atoms with Crippen LogP contribution in [-0.2, 0) is 8.85 Å². The molecule has 0 aromatic carbocycles. The molecule has 0 aliphatic carbocycles. The van der Waals surface area contributed by atoms with E-state index in [0.717, 1.165) is 25.7 Å². The molecule has 0 saturated carbocycles. The number of nitrogens with one attached hydrogen (secondary N) is 1. The first-order chi connectivity index (χ1) is 7.70. The maximum Gasteiger partial charge on any atom is 0.334 e. The minimum absolute atomic E-state index is 0.768. The largest absolute Gasteiger partial charge is 0.398 e. The van der Waals surface area contributed by atoms with Crippen LogP contribution in [0.3, 0.4) is 0 Å². The molecule has 0 radical (unpaired) electrons. The fraction of sp³-hybridized carbons (Fsp3) is 1.00. The molecule has 4 nitrogen and oxygen atoms in total. The van der Waals surface area contributed by atoms with Gasteiger partial charge in [-0.3, -0.25) is 0 Å². The predicted octanol–water partition coefficient (Wildman–Crippen LogP) is 1.04. The van der Waals surface area contributed by atoms with Gasteiger partial charge in [-0.15, -0.1) is 0 Å². The highest BCUT2D eigenvalue weighted by molar-refractivity contribution is 6.65. The van der Waals surface area contributed by atoms with E-state index in [4.69, 9.17) is 8.85 Å². The molecule has 1 rings (SSSR count). The zero-order valence-electron chi connectivity index (χ0n) is 10.9. The first-order valence-electron chi connectivity index (χ1n) is 6.32. The Kier molecular flexibility index (Phi) is 6.53. The van der Waals surface area contributed by atoms with Gasteiger partial charge in [0.1, 0.15) is 0 Å². The van der Waals surface area contributed by atoms with Crippen LogP contribution < -0.4 is 5.32 Å². The number of nitrogens with zero attached hydrogens (tertiary/aromatic N) is 1. The molecule has 1 N–H and O–H groups in total. The second-order valence-corrected chi connectivity index (χ2v) is 7.93. The van der Waals surface area contributed by atoms with Gasteiger partial charge in [-0.05, 0) is 32.5 Å². The molecule has 1 saturated heterocycles. The fourth-order valence-electron chi connectivity index (χ4n) is 2.10. The molecule has 16 heavy (non-hydrogen) atoms. The smallest absolute Gasteiger partial charge is 0.334 e. The van der Waals surface area contributed by atoms with Crippen molar-refractivity contribution in [3.63, 3.8) is 0 Å². The molecule has 1 aliphatic rings. The highest BCUT2D eigenvalue weighted by Crippen LogP contribution is 2.15. The van der Waals surface area contributed by atoms with Crippen LogP contribution in [0.1, 0.15) is 13.3 Å². The summed E-state index contributed by atoms with van der Waals surface area (Å²) in [6.07, 6.45) is 1.19. The monoisotopic (exact) mass is 246 g/mol. The van der Waals surface area contributed by atoms with Crippen LogP contribution >= 0.6 is 0 Å². The summed E-state index contributed by atoms with van der Waals surface area (Å²) in [5.74, 6) is 0. The second kappa shape index (κ2) is 7.40. The van der Waals surface area contributed by atoms with E-state index in [1.165, 1.54) is 26.1 Å². The van der Waals surface area contributed by atoms with E-state index in [1.54, 1.807) is 7.11 Å². The Morgan fingerprint density at radius 3 is 2.56 bits per heavy atom. The molecule has 1 atom stereocenters. The van der Waals surface area contributed by atoms with Crippen LogP contribution in [0, 0.1) is 0 Å². The zero-order valence-corrected chi connectivity index (χ0v) is 11.9. The van der Waals surface area contributed by atoms with Gasteiger partial charge in [-0.25, -0.2) is 0 Å². The Labute approximate surface area is 101 Å². The molecule has 0 spiro atoms. The highest BCUT2D eigenvalue weighted by Gasteiger charge is 2.29. The molecule has 1 aliphatic heterocycles. The van der Waals surface area contributed by atoms with Crippen LogP contribution in [0.15, 0.2) is 0 Å². The lowest BCUT2D eigenvalue weighted by molar-refractivity contribution is 0.206. The van der Waals surface area contributed by atoms with Crippen molar-refractivity contribution in [3.05, 3.63) is 0 Å². The maximum atomic E-state index is 5.75. The van der Waals surface area contributed by atoms with Crippen LogP contribution in [0.5, 0.6) is 0 Å². The first kappa shape index (κ1) is 14.1. The number of rotatable bonds is 7. The van der Waals surface area contributed by atoms with Crippen molar-refractivity contribution >= 4 is 8.56 Å². The third kappa shape index (κ3) is 4.93. The average Bonchev–Trinajstić information content (AvgIpc) is 2.31. The number of hydrogen-bond donors (Lipinski definition) is 1. The maximum absolute atomic E-state index is 5.75. The van der Waals surface area contributed by atoms with E-state index in [1.807, 2.05) is 6.92 Å². The van der Waals surface area contributed by atoms with Crippen molar-refractivity contribution in [3.8, 4) is 0 Å². The molecule has 0 amide bonds. The van der Waals surface area contributed by atoms with Crippen LogP contribution in [0.25, 0.3) is 0 Å².